The monoisotopic (exact) mass is 284 g/mol. The Hall–Kier alpha value is -1.26. The largest absolute Gasteiger partial charge is 0.480 e. The molecule has 5 nitrogen and oxygen atoms in total. The third kappa shape index (κ3) is 5.02. The molecule has 0 saturated heterocycles. The van der Waals surface area contributed by atoms with Gasteiger partial charge in [0.2, 0.25) is 0 Å². The summed E-state index contributed by atoms with van der Waals surface area (Å²) in [6, 6.07) is 0.172. The van der Waals surface area contributed by atoms with Gasteiger partial charge in [0, 0.05) is 18.6 Å². The molecule has 0 aliphatic heterocycles. The maximum Gasteiger partial charge on any atom is 0.323 e. The molecule has 1 unspecified atom stereocenters. The SMILES string of the molecule is CCC(C)N(CC(=O)O)C(=O)N(CCC(C)C)C1CC1. The summed E-state index contributed by atoms with van der Waals surface area (Å²) in [5.41, 5.74) is 0. The fourth-order valence-electron chi connectivity index (χ4n) is 2.16. The quantitative estimate of drug-likeness (QED) is 0.745. The van der Waals surface area contributed by atoms with Gasteiger partial charge < -0.3 is 14.9 Å². The summed E-state index contributed by atoms with van der Waals surface area (Å²) in [6.45, 7) is 8.68. The lowest BCUT2D eigenvalue weighted by molar-refractivity contribution is -0.138. The second-order valence-corrected chi connectivity index (χ2v) is 6.17. The maximum absolute atomic E-state index is 12.7. The van der Waals surface area contributed by atoms with Gasteiger partial charge >= 0.3 is 12.0 Å². The van der Waals surface area contributed by atoms with Gasteiger partial charge in [-0.25, -0.2) is 4.79 Å². The van der Waals surface area contributed by atoms with E-state index in [0.29, 0.717) is 12.0 Å². The molecule has 0 bridgehead atoms. The van der Waals surface area contributed by atoms with Gasteiger partial charge in [0.15, 0.2) is 0 Å². The van der Waals surface area contributed by atoms with Crippen molar-refractivity contribution in [3.8, 4) is 0 Å². The summed E-state index contributed by atoms with van der Waals surface area (Å²) in [5.74, 6) is -0.404. The molecule has 0 radical (unpaired) electrons. The first-order chi connectivity index (χ1) is 9.36. The van der Waals surface area contributed by atoms with Crippen LogP contribution in [0.1, 0.15) is 53.4 Å². The summed E-state index contributed by atoms with van der Waals surface area (Å²) in [5, 5.41) is 9.02. The van der Waals surface area contributed by atoms with Crippen LogP contribution in [0.3, 0.4) is 0 Å². The zero-order valence-corrected chi connectivity index (χ0v) is 13.1. The van der Waals surface area contributed by atoms with Crippen LogP contribution >= 0.6 is 0 Å². The molecule has 1 rings (SSSR count). The first-order valence-corrected chi connectivity index (χ1v) is 7.65. The van der Waals surface area contributed by atoms with Crippen molar-refractivity contribution in [2.24, 2.45) is 5.92 Å². The summed E-state index contributed by atoms with van der Waals surface area (Å²) in [7, 11) is 0. The number of aliphatic carboxylic acids is 1. The third-order valence-electron chi connectivity index (χ3n) is 3.85. The first-order valence-electron chi connectivity index (χ1n) is 7.65. The molecular weight excluding hydrogens is 256 g/mol. The molecule has 20 heavy (non-hydrogen) atoms. The molecule has 1 saturated carbocycles. The molecule has 2 amide bonds. The molecule has 1 fully saturated rings. The molecule has 0 aromatic carbocycles. The van der Waals surface area contributed by atoms with Crippen LogP contribution < -0.4 is 0 Å². The lowest BCUT2D eigenvalue weighted by Crippen LogP contribution is -2.50. The minimum absolute atomic E-state index is 0.0427. The van der Waals surface area contributed by atoms with Crippen molar-refractivity contribution >= 4 is 12.0 Å². The van der Waals surface area contributed by atoms with Crippen LogP contribution in [0.5, 0.6) is 0 Å². The first kappa shape index (κ1) is 16.8. The van der Waals surface area contributed by atoms with Crippen LogP contribution in [0.15, 0.2) is 0 Å². The van der Waals surface area contributed by atoms with Crippen molar-refractivity contribution in [2.45, 2.75) is 65.5 Å². The molecule has 116 valence electrons. The lowest BCUT2D eigenvalue weighted by Gasteiger charge is -2.33. The van der Waals surface area contributed by atoms with E-state index in [0.717, 1.165) is 32.2 Å². The smallest absolute Gasteiger partial charge is 0.323 e. The van der Waals surface area contributed by atoms with Crippen molar-refractivity contribution in [1.29, 1.82) is 0 Å². The molecule has 1 atom stereocenters. The standard InChI is InChI=1S/C15H28N2O3/c1-5-12(4)17(10-14(18)19)15(20)16(13-6-7-13)9-8-11(2)3/h11-13H,5-10H2,1-4H3,(H,18,19). The zero-order chi connectivity index (χ0) is 15.3. The molecule has 1 aliphatic rings. The van der Waals surface area contributed by atoms with E-state index in [4.69, 9.17) is 5.11 Å². The highest BCUT2D eigenvalue weighted by Crippen LogP contribution is 2.29. The van der Waals surface area contributed by atoms with Crippen molar-refractivity contribution in [3.63, 3.8) is 0 Å². The number of carboxylic acids is 1. The second-order valence-electron chi connectivity index (χ2n) is 6.17. The summed E-state index contributed by atoms with van der Waals surface area (Å²) < 4.78 is 0. The lowest BCUT2D eigenvalue weighted by atomic mass is 10.1. The van der Waals surface area contributed by atoms with Gasteiger partial charge in [0.1, 0.15) is 6.54 Å². The molecule has 0 heterocycles. The van der Waals surface area contributed by atoms with Crippen LogP contribution in [0.2, 0.25) is 0 Å². The fourth-order valence-corrected chi connectivity index (χ4v) is 2.16. The summed E-state index contributed by atoms with van der Waals surface area (Å²) >= 11 is 0. The van der Waals surface area contributed by atoms with Gasteiger partial charge in [0.25, 0.3) is 0 Å². The molecule has 1 N–H and O–H groups in total. The number of hydrogen-bond acceptors (Lipinski definition) is 2. The Morgan fingerprint density at radius 3 is 2.25 bits per heavy atom. The highest BCUT2D eigenvalue weighted by Gasteiger charge is 2.36. The van der Waals surface area contributed by atoms with Crippen LogP contribution in [0, 0.1) is 5.92 Å². The Balaban J connectivity index is 2.74. The van der Waals surface area contributed by atoms with Crippen molar-refractivity contribution < 1.29 is 14.7 Å². The minimum Gasteiger partial charge on any atom is -0.480 e. The third-order valence-corrected chi connectivity index (χ3v) is 3.85. The second kappa shape index (κ2) is 7.50. The van der Waals surface area contributed by atoms with E-state index >= 15 is 0 Å². The number of nitrogens with zero attached hydrogens (tertiary/aromatic N) is 2. The van der Waals surface area contributed by atoms with E-state index in [1.54, 1.807) is 0 Å². The van der Waals surface area contributed by atoms with Gasteiger partial charge in [-0.2, -0.15) is 0 Å². The molecule has 0 spiro atoms. The Morgan fingerprint density at radius 1 is 1.25 bits per heavy atom. The maximum atomic E-state index is 12.7. The van der Waals surface area contributed by atoms with Gasteiger partial charge in [-0.15, -0.1) is 0 Å². The number of hydrogen-bond donors (Lipinski definition) is 1. The fraction of sp³-hybridized carbons (Fsp3) is 0.867. The van der Waals surface area contributed by atoms with E-state index in [9.17, 15) is 9.59 Å². The van der Waals surface area contributed by atoms with E-state index in [1.165, 1.54) is 4.90 Å². The predicted octanol–water partition coefficient (Wildman–Crippen LogP) is 2.80. The Kier molecular flexibility index (Phi) is 6.30. The normalized spacial score (nSPS) is 16.1. The van der Waals surface area contributed by atoms with Crippen molar-refractivity contribution in [1.82, 2.24) is 9.80 Å². The molecule has 5 heteroatoms. The van der Waals surface area contributed by atoms with Crippen LogP contribution in [0.25, 0.3) is 0 Å². The van der Waals surface area contributed by atoms with Crippen LogP contribution in [-0.2, 0) is 4.79 Å². The Bertz CT molecular complexity index is 340. The highest BCUT2D eigenvalue weighted by molar-refractivity contribution is 5.81. The van der Waals surface area contributed by atoms with Gasteiger partial charge in [-0.05, 0) is 38.5 Å². The van der Waals surface area contributed by atoms with Crippen molar-refractivity contribution in [2.75, 3.05) is 13.1 Å². The topological polar surface area (TPSA) is 60.9 Å². The van der Waals surface area contributed by atoms with Crippen LogP contribution in [-0.4, -0.2) is 52.1 Å². The number of amides is 2. The molecule has 0 aromatic rings. The molecule has 1 aliphatic carbocycles. The van der Waals surface area contributed by atoms with E-state index in [1.807, 2.05) is 18.7 Å². The number of carbonyl (C=O) groups is 2. The number of urea groups is 1. The van der Waals surface area contributed by atoms with E-state index in [2.05, 4.69) is 13.8 Å². The number of carbonyl (C=O) groups excluding carboxylic acids is 1. The average molecular weight is 284 g/mol. The average Bonchev–Trinajstić information content (AvgIpc) is 3.19. The van der Waals surface area contributed by atoms with E-state index in [-0.39, 0.29) is 18.6 Å². The van der Waals surface area contributed by atoms with Crippen LogP contribution in [0.4, 0.5) is 4.79 Å². The summed E-state index contributed by atoms with van der Waals surface area (Å²) in [4.78, 5) is 27.0. The predicted molar refractivity (Wildman–Crippen MR) is 78.7 cm³/mol. The Labute approximate surface area is 121 Å². The highest BCUT2D eigenvalue weighted by atomic mass is 16.4. The summed E-state index contributed by atoms with van der Waals surface area (Å²) in [6.07, 6.45) is 3.82. The zero-order valence-electron chi connectivity index (χ0n) is 13.1. The van der Waals surface area contributed by atoms with Gasteiger partial charge in [0.05, 0.1) is 0 Å². The number of rotatable bonds is 8. The molecular formula is C15H28N2O3. The van der Waals surface area contributed by atoms with E-state index < -0.39 is 5.97 Å². The van der Waals surface area contributed by atoms with Gasteiger partial charge in [-0.3, -0.25) is 4.79 Å². The van der Waals surface area contributed by atoms with Gasteiger partial charge in [-0.1, -0.05) is 20.8 Å². The van der Waals surface area contributed by atoms with Crippen molar-refractivity contribution in [3.05, 3.63) is 0 Å². The number of carboxylic acid groups (broad SMARTS) is 1. The Morgan fingerprint density at radius 2 is 1.85 bits per heavy atom. The minimum atomic E-state index is -0.946. The molecule has 0 aromatic heterocycles.